The van der Waals surface area contributed by atoms with E-state index >= 15 is 0 Å². The molecule has 0 aromatic heterocycles. The predicted octanol–water partition coefficient (Wildman–Crippen LogP) is 1.60. The first-order chi connectivity index (χ1) is 8.99. The van der Waals surface area contributed by atoms with Crippen LogP contribution in [-0.2, 0) is 16.1 Å². The van der Waals surface area contributed by atoms with E-state index in [0.29, 0.717) is 12.0 Å². The maximum atomic E-state index is 13.3. The Hall–Kier alpha value is -1.91. The van der Waals surface area contributed by atoms with Crippen molar-refractivity contribution in [2.24, 2.45) is 5.92 Å². The first kappa shape index (κ1) is 15.1. The van der Waals surface area contributed by atoms with E-state index in [9.17, 15) is 14.0 Å². The van der Waals surface area contributed by atoms with Crippen LogP contribution in [0, 0.1) is 11.7 Å². The number of nitrogens with one attached hydrogen (secondary N) is 2. The van der Waals surface area contributed by atoms with Crippen molar-refractivity contribution in [3.05, 3.63) is 35.6 Å². The van der Waals surface area contributed by atoms with E-state index in [-0.39, 0.29) is 36.6 Å². The Kier molecular flexibility index (Phi) is 5.99. The first-order valence-corrected chi connectivity index (χ1v) is 6.26. The maximum Gasteiger partial charge on any atom is 0.239 e. The molecule has 1 rings (SSSR count). The fourth-order valence-electron chi connectivity index (χ4n) is 1.52. The second-order valence-corrected chi connectivity index (χ2v) is 4.74. The van der Waals surface area contributed by atoms with Gasteiger partial charge in [-0.2, -0.15) is 0 Å². The molecule has 2 N–H and O–H groups in total. The van der Waals surface area contributed by atoms with E-state index < -0.39 is 0 Å². The van der Waals surface area contributed by atoms with E-state index in [1.54, 1.807) is 18.2 Å². The van der Waals surface area contributed by atoms with Crippen LogP contribution in [0.3, 0.4) is 0 Å². The second-order valence-electron chi connectivity index (χ2n) is 4.74. The average molecular weight is 266 g/mol. The minimum atomic E-state index is -0.355. The largest absolute Gasteiger partial charge is 0.350 e. The van der Waals surface area contributed by atoms with Gasteiger partial charge in [0.25, 0.3) is 0 Å². The molecule has 0 radical (unpaired) electrons. The molecule has 4 nitrogen and oxygen atoms in total. The molecule has 0 spiro atoms. The molecule has 1 aromatic rings. The highest BCUT2D eigenvalue weighted by atomic mass is 19.1. The van der Waals surface area contributed by atoms with Crippen LogP contribution in [0.4, 0.5) is 4.39 Å². The molecule has 0 saturated carbocycles. The highest BCUT2D eigenvalue weighted by Gasteiger charge is 2.08. The summed E-state index contributed by atoms with van der Waals surface area (Å²) in [7, 11) is 0. The van der Waals surface area contributed by atoms with Gasteiger partial charge >= 0.3 is 0 Å². The monoisotopic (exact) mass is 266 g/mol. The van der Waals surface area contributed by atoms with Crippen LogP contribution in [0.5, 0.6) is 0 Å². The minimum Gasteiger partial charge on any atom is -0.350 e. The Morgan fingerprint density at radius 3 is 2.47 bits per heavy atom. The molecule has 0 fully saturated rings. The van der Waals surface area contributed by atoms with Gasteiger partial charge < -0.3 is 10.6 Å². The van der Waals surface area contributed by atoms with Crippen LogP contribution >= 0.6 is 0 Å². The molecule has 5 heteroatoms. The van der Waals surface area contributed by atoms with Gasteiger partial charge in [-0.1, -0.05) is 32.0 Å². The van der Waals surface area contributed by atoms with Crippen molar-refractivity contribution in [2.45, 2.75) is 26.8 Å². The number of benzene rings is 1. The van der Waals surface area contributed by atoms with Gasteiger partial charge in [0, 0.05) is 18.5 Å². The first-order valence-electron chi connectivity index (χ1n) is 6.26. The summed E-state index contributed by atoms with van der Waals surface area (Å²) in [6.45, 7) is 3.89. The van der Waals surface area contributed by atoms with Gasteiger partial charge in [0.15, 0.2) is 0 Å². The number of rotatable bonds is 6. The highest BCUT2D eigenvalue weighted by molar-refractivity contribution is 5.84. The Bertz CT molecular complexity index is 447. The van der Waals surface area contributed by atoms with Gasteiger partial charge in [-0.15, -0.1) is 0 Å². The van der Waals surface area contributed by atoms with Gasteiger partial charge in [-0.05, 0) is 12.0 Å². The zero-order valence-electron chi connectivity index (χ0n) is 11.2. The number of carbonyl (C=O) groups excluding carboxylic acids is 2. The Balaban J connectivity index is 2.29. The standard InChI is InChI=1S/C14H19FN2O2/c1-10(2)7-13(18)17-9-14(19)16-8-11-5-3-4-6-12(11)15/h3-6,10H,7-9H2,1-2H3,(H,16,19)(H,17,18). The van der Waals surface area contributed by atoms with Crippen molar-refractivity contribution < 1.29 is 14.0 Å². The maximum absolute atomic E-state index is 13.3. The third-order valence-electron chi connectivity index (χ3n) is 2.47. The summed E-state index contributed by atoms with van der Waals surface area (Å²) in [5.74, 6) is -0.593. The lowest BCUT2D eigenvalue weighted by molar-refractivity contribution is -0.126. The Morgan fingerprint density at radius 2 is 1.84 bits per heavy atom. The molecular weight excluding hydrogens is 247 g/mol. The number of hydrogen-bond donors (Lipinski definition) is 2. The lowest BCUT2D eigenvalue weighted by atomic mass is 10.1. The van der Waals surface area contributed by atoms with Crippen molar-refractivity contribution in [1.29, 1.82) is 0 Å². The number of hydrogen-bond acceptors (Lipinski definition) is 2. The highest BCUT2D eigenvalue weighted by Crippen LogP contribution is 2.05. The smallest absolute Gasteiger partial charge is 0.239 e. The van der Waals surface area contributed by atoms with Gasteiger partial charge in [-0.3, -0.25) is 9.59 Å². The molecule has 0 unspecified atom stereocenters. The number of amides is 2. The summed E-state index contributed by atoms with van der Waals surface area (Å²) in [6.07, 6.45) is 0.389. The van der Waals surface area contributed by atoms with Crippen LogP contribution in [0.2, 0.25) is 0 Å². The van der Waals surface area contributed by atoms with Crippen LogP contribution in [-0.4, -0.2) is 18.4 Å². The van der Waals surface area contributed by atoms with Crippen LogP contribution < -0.4 is 10.6 Å². The molecule has 0 aliphatic carbocycles. The van der Waals surface area contributed by atoms with Crippen molar-refractivity contribution in [1.82, 2.24) is 10.6 Å². The third-order valence-corrected chi connectivity index (χ3v) is 2.47. The summed E-state index contributed by atoms with van der Waals surface area (Å²) in [5, 5.41) is 5.07. The van der Waals surface area contributed by atoms with Crippen molar-refractivity contribution in [3.63, 3.8) is 0 Å². The topological polar surface area (TPSA) is 58.2 Å². The van der Waals surface area contributed by atoms with E-state index in [4.69, 9.17) is 0 Å². The van der Waals surface area contributed by atoms with Gasteiger partial charge in [-0.25, -0.2) is 4.39 Å². The third kappa shape index (κ3) is 5.99. The van der Waals surface area contributed by atoms with Crippen molar-refractivity contribution in [2.75, 3.05) is 6.54 Å². The molecule has 0 aliphatic heterocycles. The molecule has 1 aromatic carbocycles. The Morgan fingerprint density at radius 1 is 1.16 bits per heavy atom. The zero-order valence-corrected chi connectivity index (χ0v) is 11.2. The lowest BCUT2D eigenvalue weighted by Gasteiger charge is -2.08. The fourth-order valence-corrected chi connectivity index (χ4v) is 1.52. The summed E-state index contributed by atoms with van der Waals surface area (Å²) in [6, 6.07) is 6.24. The zero-order chi connectivity index (χ0) is 14.3. The quantitative estimate of drug-likeness (QED) is 0.821. The number of carbonyl (C=O) groups is 2. The van der Waals surface area contributed by atoms with E-state index in [0.717, 1.165) is 0 Å². The average Bonchev–Trinajstić information content (AvgIpc) is 2.34. The summed E-state index contributed by atoms with van der Waals surface area (Å²) < 4.78 is 13.3. The van der Waals surface area contributed by atoms with E-state index in [1.165, 1.54) is 6.07 Å². The molecule has 0 heterocycles. The van der Waals surface area contributed by atoms with Crippen LogP contribution in [0.1, 0.15) is 25.8 Å². The molecule has 0 aliphatic rings. The normalized spacial score (nSPS) is 10.3. The lowest BCUT2D eigenvalue weighted by Crippen LogP contribution is -2.37. The van der Waals surface area contributed by atoms with Gasteiger partial charge in [0.2, 0.25) is 11.8 Å². The van der Waals surface area contributed by atoms with E-state index in [2.05, 4.69) is 10.6 Å². The second kappa shape index (κ2) is 7.51. The van der Waals surface area contributed by atoms with Crippen molar-refractivity contribution in [3.8, 4) is 0 Å². The molecular formula is C14H19FN2O2. The summed E-state index contributed by atoms with van der Waals surface area (Å²) >= 11 is 0. The molecule has 2 amide bonds. The fraction of sp³-hybridized carbons (Fsp3) is 0.429. The minimum absolute atomic E-state index is 0.0833. The molecule has 0 atom stereocenters. The van der Waals surface area contributed by atoms with Gasteiger partial charge in [0.05, 0.1) is 6.54 Å². The van der Waals surface area contributed by atoms with Crippen LogP contribution in [0.15, 0.2) is 24.3 Å². The van der Waals surface area contributed by atoms with Crippen LogP contribution in [0.25, 0.3) is 0 Å². The van der Waals surface area contributed by atoms with Gasteiger partial charge in [0.1, 0.15) is 5.82 Å². The summed E-state index contributed by atoms with van der Waals surface area (Å²) in [4.78, 5) is 22.8. The summed E-state index contributed by atoms with van der Waals surface area (Å²) in [5.41, 5.74) is 0.421. The number of halogens is 1. The molecule has 19 heavy (non-hydrogen) atoms. The predicted molar refractivity (Wildman–Crippen MR) is 70.7 cm³/mol. The molecule has 104 valence electrons. The molecule has 0 saturated heterocycles. The Labute approximate surface area is 112 Å². The van der Waals surface area contributed by atoms with E-state index in [1.807, 2.05) is 13.8 Å². The SMILES string of the molecule is CC(C)CC(=O)NCC(=O)NCc1ccccc1F. The van der Waals surface area contributed by atoms with Crippen molar-refractivity contribution >= 4 is 11.8 Å². The molecule has 0 bridgehead atoms.